The van der Waals surface area contributed by atoms with Gasteiger partial charge in [-0.15, -0.1) is 0 Å². The van der Waals surface area contributed by atoms with E-state index in [0.29, 0.717) is 11.8 Å². The Morgan fingerprint density at radius 2 is 1.69 bits per heavy atom. The molecule has 0 bridgehead atoms. The fraction of sp³-hybridized carbons (Fsp3) is 0.636. The molecule has 1 unspecified atom stereocenters. The van der Waals surface area contributed by atoms with Crippen molar-refractivity contribution in [3.05, 3.63) is 20.7 Å². The van der Waals surface area contributed by atoms with Crippen LogP contribution in [0.3, 0.4) is 0 Å². The third-order valence-corrected chi connectivity index (χ3v) is 3.63. The summed E-state index contributed by atoms with van der Waals surface area (Å²) in [5.74, 6) is 1.37. The van der Waals surface area contributed by atoms with Crippen LogP contribution in [0.25, 0.3) is 0 Å². The van der Waals surface area contributed by atoms with Gasteiger partial charge in [-0.05, 0) is 0 Å². The van der Waals surface area contributed by atoms with Crippen LogP contribution < -0.4 is 0 Å². The molecule has 2 heteroatoms. The van der Waals surface area contributed by atoms with Gasteiger partial charge in [-0.25, -0.2) is 0 Å². The molecule has 1 aliphatic rings. The van der Waals surface area contributed by atoms with Gasteiger partial charge < -0.3 is 0 Å². The quantitative estimate of drug-likeness (QED) is 0.461. The first-order valence-electron chi connectivity index (χ1n) is 5.13. The standard InChI is InChI=1S/C11H18P.Li/c1-7(2)9-5-6-10(12)11(9)8(3)4;/h7-8H,5,12H2,1-4H3;. The summed E-state index contributed by atoms with van der Waals surface area (Å²) >= 11 is 2.25. The van der Waals surface area contributed by atoms with Crippen LogP contribution >= 0.6 is 9.24 Å². The maximum atomic E-state index is 2.91. The first kappa shape index (κ1) is 11.6. The molecule has 0 aromatic heterocycles. The van der Waals surface area contributed by atoms with E-state index in [-0.39, 0.29) is 0 Å². The van der Waals surface area contributed by atoms with E-state index in [1.165, 1.54) is 16.0 Å². The maximum absolute atomic E-state index is 2.91. The predicted molar refractivity (Wildman–Crippen MR) is 63.8 cm³/mol. The molecule has 0 saturated heterocycles. The molecule has 0 aliphatic heterocycles. The van der Waals surface area contributed by atoms with E-state index in [0.717, 1.165) is 0 Å². The van der Waals surface area contributed by atoms with Crippen molar-refractivity contribution >= 4 is 27.0 Å². The van der Waals surface area contributed by atoms with E-state index >= 15 is 0 Å². The molecule has 1 atom stereocenters. The van der Waals surface area contributed by atoms with Gasteiger partial charge in [0.2, 0.25) is 0 Å². The Morgan fingerprint density at radius 1 is 1.15 bits per heavy atom. The Labute approximate surface area is 93.7 Å². The summed E-state index contributed by atoms with van der Waals surface area (Å²) in [5.41, 5.74) is 3.25. The van der Waals surface area contributed by atoms with E-state index in [9.17, 15) is 0 Å². The van der Waals surface area contributed by atoms with Crippen LogP contribution in [-0.4, -0.2) is 17.7 Å². The Balaban J connectivity index is 3.08. The number of allylic oxidation sites excluding steroid dienone is 4. The second-order valence-electron chi connectivity index (χ2n) is 4.62. The molecule has 0 amide bonds. The van der Waals surface area contributed by atoms with Crippen LogP contribution in [0.15, 0.2) is 20.7 Å². The minimum atomic E-state index is 0.669. The summed E-state index contributed by atoms with van der Waals surface area (Å²) in [7, 11) is 2.91. The molecule has 0 heterocycles. The fourth-order valence-electron chi connectivity index (χ4n) is 2.08. The predicted octanol–water partition coefficient (Wildman–Crippen LogP) is 3.25. The van der Waals surface area contributed by atoms with Crippen LogP contribution in [0.4, 0.5) is 0 Å². The van der Waals surface area contributed by atoms with Gasteiger partial charge in [-0.2, -0.15) is 0 Å². The van der Waals surface area contributed by atoms with E-state index in [4.69, 9.17) is 0 Å². The zero-order valence-electron chi connectivity index (χ0n) is 9.44. The molecule has 0 fully saturated rings. The molecular formula is C11H18LiP. The number of hydrogen-bond acceptors (Lipinski definition) is 0. The molecule has 0 saturated carbocycles. The second-order valence-corrected chi connectivity index (χ2v) is 5.20. The molecule has 0 radical (unpaired) electrons. The van der Waals surface area contributed by atoms with Crippen molar-refractivity contribution in [1.82, 2.24) is 0 Å². The summed E-state index contributed by atoms with van der Waals surface area (Å²) in [4.78, 5) is 0. The van der Waals surface area contributed by atoms with Crippen molar-refractivity contribution < 1.29 is 0 Å². The van der Waals surface area contributed by atoms with E-state index in [2.05, 4.69) is 54.6 Å². The van der Waals surface area contributed by atoms with Crippen molar-refractivity contribution in [3.63, 3.8) is 0 Å². The average molecular weight is 188 g/mol. The van der Waals surface area contributed by atoms with Crippen LogP contribution in [-0.2, 0) is 0 Å². The minimum absolute atomic E-state index is 0.669. The molecule has 13 heavy (non-hydrogen) atoms. The van der Waals surface area contributed by atoms with Crippen LogP contribution in [0.2, 0.25) is 0 Å². The topological polar surface area (TPSA) is 0 Å². The van der Waals surface area contributed by atoms with E-state index < -0.39 is 0 Å². The molecule has 0 aromatic carbocycles. The summed E-state index contributed by atoms with van der Waals surface area (Å²) in [6.45, 7) is 9.18. The van der Waals surface area contributed by atoms with Gasteiger partial charge in [0.1, 0.15) is 0 Å². The zero-order chi connectivity index (χ0) is 10.2. The monoisotopic (exact) mass is 188 g/mol. The van der Waals surface area contributed by atoms with Crippen molar-refractivity contribution in [1.29, 1.82) is 0 Å². The third-order valence-electron chi connectivity index (χ3n) is 2.83. The molecule has 0 N–H and O–H groups in total. The SMILES string of the molecule is [Li][C]1=C(P)C(C(C)C)=C(C(C)C)C1. The van der Waals surface area contributed by atoms with Gasteiger partial charge in [0, 0.05) is 0 Å². The molecule has 0 spiro atoms. The van der Waals surface area contributed by atoms with Gasteiger partial charge in [-0.3, -0.25) is 0 Å². The second kappa shape index (κ2) is 4.35. The molecule has 0 aromatic rings. The molecule has 1 aliphatic carbocycles. The average Bonchev–Trinajstić information content (AvgIpc) is 2.28. The zero-order valence-corrected chi connectivity index (χ0v) is 10.6. The van der Waals surface area contributed by atoms with Gasteiger partial charge in [0.15, 0.2) is 0 Å². The Morgan fingerprint density at radius 3 is 2.00 bits per heavy atom. The Bertz CT molecular complexity index is 272. The van der Waals surface area contributed by atoms with Gasteiger partial charge in [-0.1, -0.05) is 0 Å². The van der Waals surface area contributed by atoms with E-state index in [1.807, 2.05) is 0 Å². The van der Waals surface area contributed by atoms with Gasteiger partial charge in [0.05, 0.1) is 0 Å². The number of hydrogen-bond donors (Lipinski definition) is 0. The van der Waals surface area contributed by atoms with Gasteiger partial charge >= 0.3 is 93.6 Å². The Kier molecular flexibility index (Phi) is 3.88. The van der Waals surface area contributed by atoms with Crippen LogP contribution in [0.1, 0.15) is 34.1 Å². The molecule has 68 valence electrons. The first-order valence-corrected chi connectivity index (χ1v) is 5.71. The summed E-state index contributed by atoms with van der Waals surface area (Å²) < 4.78 is 1.54. The Hall–Kier alpha value is 0.507. The summed E-state index contributed by atoms with van der Waals surface area (Å²) in [5, 5.41) is 1.47. The fourth-order valence-corrected chi connectivity index (χ4v) is 2.70. The van der Waals surface area contributed by atoms with Crippen LogP contribution in [0, 0.1) is 11.8 Å². The summed E-state index contributed by atoms with van der Waals surface area (Å²) in [6.07, 6.45) is 1.20. The van der Waals surface area contributed by atoms with Gasteiger partial charge in [0.25, 0.3) is 0 Å². The van der Waals surface area contributed by atoms with E-state index in [1.54, 1.807) is 11.1 Å². The van der Waals surface area contributed by atoms with Crippen LogP contribution in [0.5, 0.6) is 0 Å². The third kappa shape index (κ3) is 2.30. The van der Waals surface area contributed by atoms with Crippen molar-refractivity contribution in [2.45, 2.75) is 34.1 Å². The normalized spacial score (nSPS) is 18.5. The molecular weight excluding hydrogens is 170 g/mol. The summed E-state index contributed by atoms with van der Waals surface area (Å²) in [6, 6.07) is 0. The van der Waals surface area contributed by atoms with Crippen molar-refractivity contribution in [2.24, 2.45) is 11.8 Å². The van der Waals surface area contributed by atoms with Crippen molar-refractivity contribution in [3.8, 4) is 0 Å². The van der Waals surface area contributed by atoms with Crippen molar-refractivity contribution in [2.75, 3.05) is 0 Å². The number of rotatable bonds is 2. The molecule has 0 nitrogen and oxygen atoms in total. The molecule has 1 rings (SSSR count). The first-order chi connectivity index (χ1) is 5.95.